The van der Waals surface area contributed by atoms with E-state index < -0.39 is 23.7 Å². The fourth-order valence-corrected chi connectivity index (χ4v) is 6.01. The van der Waals surface area contributed by atoms with Crippen LogP contribution in [-0.2, 0) is 27.4 Å². The lowest BCUT2D eigenvalue weighted by molar-refractivity contribution is -0.162. The van der Waals surface area contributed by atoms with Crippen LogP contribution in [0.3, 0.4) is 0 Å². The molecule has 0 aromatic heterocycles. The Morgan fingerprint density at radius 1 is 1.05 bits per heavy atom. The number of ether oxygens (including phenoxy) is 1. The number of rotatable bonds is 11. The van der Waals surface area contributed by atoms with Crippen molar-refractivity contribution >= 4 is 41.9 Å². The van der Waals surface area contributed by atoms with Gasteiger partial charge in [-0.15, -0.1) is 12.4 Å². The quantitative estimate of drug-likeness (QED) is 0.378. The van der Waals surface area contributed by atoms with E-state index in [1.54, 1.807) is 17.0 Å². The molecule has 3 amide bonds. The van der Waals surface area contributed by atoms with Crippen molar-refractivity contribution in [1.82, 2.24) is 20.4 Å². The van der Waals surface area contributed by atoms with E-state index in [-0.39, 0.29) is 30.8 Å². The third-order valence-corrected chi connectivity index (χ3v) is 8.44. The predicted molar refractivity (Wildman–Crippen MR) is 163 cm³/mol. The zero-order chi connectivity index (χ0) is 28.5. The van der Waals surface area contributed by atoms with Crippen molar-refractivity contribution in [1.29, 1.82) is 0 Å². The van der Waals surface area contributed by atoms with Gasteiger partial charge in [0.25, 0.3) is 0 Å². The van der Waals surface area contributed by atoms with Gasteiger partial charge >= 0.3 is 6.09 Å². The topological polar surface area (TPSA) is 91.0 Å². The molecule has 224 valence electrons. The molecule has 1 spiro atoms. The van der Waals surface area contributed by atoms with E-state index >= 15 is 0 Å². The lowest BCUT2D eigenvalue weighted by Gasteiger charge is -2.52. The van der Waals surface area contributed by atoms with E-state index in [0.29, 0.717) is 36.4 Å². The Balaban J connectivity index is 0.00000462. The Hall–Kier alpha value is -2.81. The van der Waals surface area contributed by atoms with Crippen molar-refractivity contribution in [2.45, 2.75) is 76.6 Å². The van der Waals surface area contributed by atoms with Crippen LogP contribution in [0.2, 0.25) is 5.02 Å². The van der Waals surface area contributed by atoms with Crippen LogP contribution in [0, 0.1) is 0 Å². The van der Waals surface area contributed by atoms with Crippen LogP contribution < -0.4 is 10.6 Å². The molecule has 0 radical (unpaired) electrons. The summed E-state index contributed by atoms with van der Waals surface area (Å²) < 4.78 is 5.41. The minimum absolute atomic E-state index is 0. The maximum Gasteiger partial charge on any atom is 0.407 e. The SMILES string of the molecule is CCC[C@H](NC(=O)OCc1ccccc1Cl)[C@@H]1NC(=O)C2(CCN(CCc3ccccc3)CC2)N(CCC)C1=O.Cl. The molecule has 10 heteroatoms. The highest BCUT2D eigenvalue weighted by Crippen LogP contribution is 2.34. The molecule has 2 aliphatic rings. The molecular weight excluding hydrogens is 563 g/mol. The van der Waals surface area contributed by atoms with E-state index in [1.807, 2.05) is 32.0 Å². The molecule has 2 aliphatic heterocycles. The first-order valence-corrected chi connectivity index (χ1v) is 14.8. The Kier molecular flexibility index (Phi) is 12.3. The number of carbonyl (C=O) groups is 3. The second-order valence-corrected chi connectivity index (χ2v) is 11.2. The largest absolute Gasteiger partial charge is 0.445 e. The lowest BCUT2D eigenvalue weighted by atomic mass is 9.80. The second kappa shape index (κ2) is 15.4. The second-order valence-electron chi connectivity index (χ2n) is 10.8. The number of nitrogens with one attached hydrogen (secondary N) is 2. The van der Waals surface area contributed by atoms with Gasteiger partial charge in [0.15, 0.2) is 0 Å². The third-order valence-electron chi connectivity index (χ3n) is 8.07. The monoisotopic (exact) mass is 604 g/mol. The molecule has 0 bridgehead atoms. The Morgan fingerprint density at radius 2 is 1.73 bits per heavy atom. The van der Waals surface area contributed by atoms with E-state index in [9.17, 15) is 14.4 Å². The summed E-state index contributed by atoms with van der Waals surface area (Å²) >= 11 is 6.18. The molecule has 0 unspecified atom stereocenters. The van der Waals surface area contributed by atoms with Gasteiger partial charge in [-0.2, -0.15) is 0 Å². The molecule has 41 heavy (non-hydrogen) atoms. The van der Waals surface area contributed by atoms with Gasteiger partial charge < -0.3 is 25.2 Å². The normalized spacial score (nSPS) is 19.3. The molecule has 4 rings (SSSR count). The first kappa shape index (κ1) is 32.7. The minimum atomic E-state index is -0.853. The summed E-state index contributed by atoms with van der Waals surface area (Å²) in [6.07, 6.45) is 3.50. The highest BCUT2D eigenvalue weighted by Gasteiger charge is 2.54. The fourth-order valence-electron chi connectivity index (χ4n) is 5.82. The molecule has 0 aliphatic carbocycles. The van der Waals surface area contributed by atoms with Gasteiger partial charge in [-0.1, -0.05) is 80.4 Å². The minimum Gasteiger partial charge on any atom is -0.445 e. The number of piperidine rings is 1. The van der Waals surface area contributed by atoms with Crippen LogP contribution >= 0.6 is 24.0 Å². The first-order valence-electron chi connectivity index (χ1n) is 14.4. The van der Waals surface area contributed by atoms with Crippen LogP contribution in [0.25, 0.3) is 0 Å². The predicted octanol–water partition coefficient (Wildman–Crippen LogP) is 4.97. The van der Waals surface area contributed by atoms with Crippen molar-refractivity contribution in [3.8, 4) is 0 Å². The maximum absolute atomic E-state index is 13.9. The van der Waals surface area contributed by atoms with Gasteiger partial charge in [-0.3, -0.25) is 9.59 Å². The number of halogens is 2. The molecule has 2 aromatic carbocycles. The van der Waals surface area contributed by atoms with Gasteiger partial charge in [-0.05, 0) is 43.7 Å². The molecule has 8 nitrogen and oxygen atoms in total. The summed E-state index contributed by atoms with van der Waals surface area (Å²) in [7, 11) is 0. The van der Waals surface area contributed by atoms with Gasteiger partial charge in [0, 0.05) is 36.8 Å². The standard InChI is InChI=1S/C31H41ClN4O4.ClH/c1-3-10-26(33-30(39)40-22-24-13-8-9-14-25(24)32)27-28(37)36(18-4-2)31(29(38)34-27)16-20-35(21-17-31)19-15-23-11-6-5-7-12-23;/h5-9,11-14,26-27H,3-4,10,15-22H2,1-2H3,(H,33,39)(H,34,38);1H/t26-,27-;/m0./s1. The number of alkyl carbamates (subject to hydrolysis) is 1. The van der Waals surface area contributed by atoms with Crippen LogP contribution in [0.15, 0.2) is 54.6 Å². The van der Waals surface area contributed by atoms with Crippen molar-refractivity contribution in [2.24, 2.45) is 0 Å². The first-order chi connectivity index (χ1) is 19.4. The molecule has 2 atom stereocenters. The molecule has 2 heterocycles. The Labute approximate surface area is 254 Å². The number of amides is 3. The van der Waals surface area contributed by atoms with E-state index in [2.05, 4.69) is 39.8 Å². The summed E-state index contributed by atoms with van der Waals surface area (Å²) in [5.41, 5.74) is 1.14. The average molecular weight is 606 g/mol. The lowest BCUT2D eigenvalue weighted by Crippen LogP contribution is -2.75. The molecule has 2 fully saturated rings. The van der Waals surface area contributed by atoms with Crippen LogP contribution in [0.5, 0.6) is 0 Å². The van der Waals surface area contributed by atoms with Crippen LogP contribution in [0.1, 0.15) is 57.1 Å². The summed E-state index contributed by atoms with van der Waals surface area (Å²) in [6, 6.07) is 16.1. The number of hydrogen-bond acceptors (Lipinski definition) is 5. The van der Waals surface area contributed by atoms with Crippen molar-refractivity contribution in [2.75, 3.05) is 26.2 Å². The summed E-state index contributed by atoms with van der Waals surface area (Å²) in [4.78, 5) is 44.6. The van der Waals surface area contributed by atoms with Crippen molar-refractivity contribution in [3.05, 3.63) is 70.7 Å². The number of hydrogen-bond donors (Lipinski definition) is 2. The van der Waals surface area contributed by atoms with E-state index in [4.69, 9.17) is 16.3 Å². The zero-order valence-electron chi connectivity index (χ0n) is 23.9. The van der Waals surface area contributed by atoms with E-state index in [0.717, 1.165) is 38.9 Å². The summed E-state index contributed by atoms with van der Waals surface area (Å²) in [5, 5.41) is 6.38. The average Bonchev–Trinajstić information content (AvgIpc) is 2.97. The van der Waals surface area contributed by atoms with E-state index in [1.165, 1.54) is 5.56 Å². The fraction of sp³-hybridized carbons (Fsp3) is 0.516. The number of nitrogens with zero attached hydrogens (tertiary/aromatic N) is 2. The van der Waals surface area contributed by atoms with Gasteiger partial charge in [0.05, 0.1) is 6.04 Å². The van der Waals surface area contributed by atoms with Gasteiger partial charge in [-0.25, -0.2) is 4.79 Å². The Bertz CT molecular complexity index is 1160. The Morgan fingerprint density at radius 3 is 2.39 bits per heavy atom. The number of likely N-dealkylation sites (tertiary alicyclic amines) is 1. The van der Waals surface area contributed by atoms with Crippen molar-refractivity contribution < 1.29 is 19.1 Å². The van der Waals surface area contributed by atoms with Crippen molar-refractivity contribution in [3.63, 3.8) is 0 Å². The van der Waals surface area contributed by atoms with Gasteiger partial charge in [0.1, 0.15) is 18.2 Å². The highest BCUT2D eigenvalue weighted by molar-refractivity contribution is 6.31. The highest BCUT2D eigenvalue weighted by atomic mass is 35.5. The number of piperazine rings is 1. The maximum atomic E-state index is 13.9. The summed E-state index contributed by atoms with van der Waals surface area (Å²) in [6.45, 7) is 6.95. The smallest absolute Gasteiger partial charge is 0.407 e. The summed E-state index contributed by atoms with van der Waals surface area (Å²) in [5.74, 6) is -0.260. The molecule has 2 N–H and O–H groups in total. The molecular formula is C31H42Cl2N4O4. The molecule has 0 saturated carbocycles. The number of benzene rings is 2. The third kappa shape index (κ3) is 7.93. The number of carbonyl (C=O) groups excluding carboxylic acids is 3. The van der Waals surface area contributed by atoms with Crippen LogP contribution in [0.4, 0.5) is 4.79 Å². The van der Waals surface area contributed by atoms with Gasteiger partial charge in [0.2, 0.25) is 11.8 Å². The molecule has 2 saturated heterocycles. The molecule has 2 aromatic rings. The zero-order valence-corrected chi connectivity index (χ0v) is 25.5. The van der Waals surface area contributed by atoms with Crippen LogP contribution in [-0.4, -0.2) is 71.5 Å².